The molecule has 1 aromatic carbocycles. The molecule has 0 aromatic heterocycles. The summed E-state index contributed by atoms with van der Waals surface area (Å²) in [7, 11) is 0.349. The van der Waals surface area contributed by atoms with E-state index in [0.29, 0.717) is 18.9 Å². The van der Waals surface area contributed by atoms with E-state index in [9.17, 15) is 4.21 Å². The van der Waals surface area contributed by atoms with Crippen LogP contribution in [0, 0.1) is 0 Å². The average Bonchev–Trinajstić information content (AvgIpc) is 2.49. The second-order valence-electron chi connectivity index (χ2n) is 5.79. The van der Waals surface area contributed by atoms with Crippen molar-refractivity contribution in [2.24, 2.45) is 4.40 Å². The van der Waals surface area contributed by atoms with Crippen molar-refractivity contribution in [2.75, 3.05) is 13.0 Å². The van der Waals surface area contributed by atoms with Crippen molar-refractivity contribution in [3.05, 3.63) is 29.8 Å². The molecule has 0 N–H and O–H groups in total. The molecule has 4 nitrogen and oxygen atoms in total. The number of ether oxygens (including phenoxy) is 2. The molecule has 0 saturated carbocycles. The van der Waals surface area contributed by atoms with E-state index in [1.807, 2.05) is 45.0 Å². The van der Waals surface area contributed by atoms with Gasteiger partial charge in [-0.05, 0) is 44.9 Å². The molecule has 0 fully saturated rings. The van der Waals surface area contributed by atoms with Crippen LogP contribution in [0.25, 0.3) is 0 Å². The maximum absolute atomic E-state index is 11.9. The Hall–Kier alpha value is -0.910. The molecule has 0 spiro atoms. The maximum Gasteiger partial charge on any atom is 0.144 e. The van der Waals surface area contributed by atoms with E-state index in [0.717, 1.165) is 11.3 Å². The first-order chi connectivity index (χ1) is 10.4. The lowest BCUT2D eigenvalue weighted by molar-refractivity contribution is 0.0858. The van der Waals surface area contributed by atoms with Crippen LogP contribution in [0.5, 0.6) is 5.75 Å². The zero-order valence-corrected chi connectivity index (χ0v) is 15.1. The Morgan fingerprint density at radius 2 is 1.95 bits per heavy atom. The van der Waals surface area contributed by atoms with Crippen LogP contribution in [0.15, 0.2) is 28.7 Å². The van der Waals surface area contributed by atoms with Crippen molar-refractivity contribution in [2.45, 2.75) is 44.6 Å². The summed E-state index contributed by atoms with van der Waals surface area (Å²) in [5.41, 5.74) is 1.03. The van der Waals surface area contributed by atoms with E-state index >= 15 is 0 Å². The fourth-order valence-electron chi connectivity index (χ4n) is 1.51. The number of rotatable bonds is 8. The van der Waals surface area contributed by atoms with Gasteiger partial charge in [-0.25, -0.2) is 4.21 Å². The molecule has 1 rings (SSSR count). The third kappa shape index (κ3) is 6.90. The predicted octanol–water partition coefficient (Wildman–Crippen LogP) is 3.74. The Morgan fingerprint density at radius 3 is 2.45 bits per heavy atom. The molecule has 0 aliphatic heterocycles. The first kappa shape index (κ1) is 19.1. The first-order valence-electron chi connectivity index (χ1n) is 7.13. The van der Waals surface area contributed by atoms with Crippen LogP contribution in [0.3, 0.4) is 0 Å². The molecule has 124 valence electrons. The highest BCUT2D eigenvalue weighted by Gasteiger charge is 2.19. The number of nitrogens with zero attached hydrogens (tertiary/aromatic N) is 1. The van der Waals surface area contributed by atoms with Crippen LogP contribution >= 0.6 is 11.6 Å². The van der Waals surface area contributed by atoms with Gasteiger partial charge in [0.05, 0.1) is 24.6 Å². The van der Waals surface area contributed by atoms with Crippen LogP contribution in [0.2, 0.25) is 0 Å². The second-order valence-corrected chi connectivity index (χ2v) is 8.10. The molecular formula is C16H24ClNO3S. The molecule has 0 aliphatic rings. The molecular weight excluding hydrogens is 322 g/mol. The van der Waals surface area contributed by atoms with Crippen molar-refractivity contribution in [1.82, 2.24) is 0 Å². The molecule has 6 heteroatoms. The van der Waals surface area contributed by atoms with Crippen LogP contribution < -0.4 is 4.74 Å². The second kappa shape index (κ2) is 9.28. The largest absolute Gasteiger partial charge is 0.497 e. The maximum atomic E-state index is 11.9. The minimum absolute atomic E-state index is 0.245. The summed E-state index contributed by atoms with van der Waals surface area (Å²) >= 11 is 5.79. The summed E-state index contributed by atoms with van der Waals surface area (Å²) in [5, 5.41) is 0. The molecule has 22 heavy (non-hydrogen) atoms. The molecule has 0 bridgehead atoms. The number of alkyl halides is 1. The van der Waals surface area contributed by atoms with Gasteiger partial charge in [0.2, 0.25) is 0 Å². The average molecular weight is 346 g/mol. The lowest BCUT2D eigenvalue weighted by atomic mass is 10.2. The molecule has 1 unspecified atom stereocenters. The van der Waals surface area contributed by atoms with E-state index in [1.165, 1.54) is 0 Å². The highest BCUT2D eigenvalue weighted by molar-refractivity contribution is 7.85. The van der Waals surface area contributed by atoms with Gasteiger partial charge in [-0.1, -0.05) is 12.1 Å². The van der Waals surface area contributed by atoms with Gasteiger partial charge in [0.15, 0.2) is 0 Å². The zero-order chi connectivity index (χ0) is 16.6. The summed E-state index contributed by atoms with van der Waals surface area (Å²) in [6, 6.07) is 7.66. The SMILES string of the molecule is COc1ccc(CO[C@H](/C=N/S(=O)C(C)(C)C)CCCl)cc1. The molecule has 0 radical (unpaired) electrons. The van der Waals surface area contributed by atoms with Crippen LogP contribution in [0.1, 0.15) is 32.8 Å². The fourth-order valence-corrected chi connectivity index (χ4v) is 2.29. The van der Waals surface area contributed by atoms with E-state index < -0.39 is 11.0 Å². The Balaban J connectivity index is 2.60. The molecule has 0 amide bonds. The summed E-state index contributed by atoms with van der Waals surface area (Å²) < 4.78 is 26.6. The van der Waals surface area contributed by atoms with Gasteiger partial charge in [-0.2, -0.15) is 4.40 Å². The number of hydrogen-bond donors (Lipinski definition) is 0. The van der Waals surface area contributed by atoms with E-state index in [4.69, 9.17) is 21.1 Å². The smallest absolute Gasteiger partial charge is 0.144 e. The van der Waals surface area contributed by atoms with Gasteiger partial charge in [-0.15, -0.1) is 11.6 Å². The van der Waals surface area contributed by atoms with Crippen molar-refractivity contribution in [1.29, 1.82) is 0 Å². The summed E-state index contributed by atoms with van der Waals surface area (Å²) in [5.74, 6) is 1.27. The number of benzene rings is 1. The van der Waals surface area contributed by atoms with Crippen molar-refractivity contribution >= 4 is 28.8 Å². The fraction of sp³-hybridized carbons (Fsp3) is 0.562. The lowest BCUT2D eigenvalue weighted by Crippen LogP contribution is -2.22. The van der Waals surface area contributed by atoms with E-state index in [1.54, 1.807) is 13.3 Å². The van der Waals surface area contributed by atoms with Gasteiger partial charge in [0.25, 0.3) is 0 Å². The first-order valence-corrected chi connectivity index (χ1v) is 8.77. The molecule has 0 heterocycles. The normalized spacial score (nSPS) is 15.0. The Kier molecular flexibility index (Phi) is 8.07. The third-order valence-electron chi connectivity index (χ3n) is 2.86. The van der Waals surface area contributed by atoms with Crippen molar-refractivity contribution in [3.8, 4) is 5.75 Å². The zero-order valence-electron chi connectivity index (χ0n) is 13.5. The van der Waals surface area contributed by atoms with Crippen molar-refractivity contribution < 1.29 is 13.7 Å². The van der Waals surface area contributed by atoms with Gasteiger partial charge in [0, 0.05) is 12.1 Å². The third-order valence-corrected chi connectivity index (χ3v) is 4.44. The van der Waals surface area contributed by atoms with Gasteiger partial charge in [-0.3, -0.25) is 0 Å². The van der Waals surface area contributed by atoms with Crippen LogP contribution in [0.4, 0.5) is 0 Å². The topological polar surface area (TPSA) is 47.9 Å². The molecule has 0 aliphatic carbocycles. The van der Waals surface area contributed by atoms with E-state index in [2.05, 4.69) is 4.40 Å². The highest BCUT2D eigenvalue weighted by Crippen LogP contribution is 2.14. The Morgan fingerprint density at radius 1 is 1.32 bits per heavy atom. The number of hydrogen-bond acceptors (Lipinski definition) is 3. The van der Waals surface area contributed by atoms with Crippen LogP contribution in [-0.2, 0) is 22.3 Å². The lowest BCUT2D eigenvalue weighted by Gasteiger charge is -2.15. The molecule has 2 atom stereocenters. The van der Waals surface area contributed by atoms with E-state index in [-0.39, 0.29) is 10.9 Å². The monoisotopic (exact) mass is 345 g/mol. The highest BCUT2D eigenvalue weighted by atomic mass is 35.5. The number of halogens is 1. The van der Waals surface area contributed by atoms with Crippen molar-refractivity contribution in [3.63, 3.8) is 0 Å². The molecule has 1 aromatic rings. The number of methoxy groups -OCH3 is 1. The van der Waals surface area contributed by atoms with Gasteiger partial charge in [0.1, 0.15) is 16.7 Å². The Labute approximate surface area is 140 Å². The van der Waals surface area contributed by atoms with Crippen LogP contribution in [-0.4, -0.2) is 34.3 Å². The summed E-state index contributed by atoms with van der Waals surface area (Å²) in [6.07, 6.45) is 1.99. The Bertz CT molecular complexity index is 497. The van der Waals surface area contributed by atoms with Gasteiger partial charge >= 0.3 is 0 Å². The minimum Gasteiger partial charge on any atom is -0.497 e. The minimum atomic E-state index is -1.28. The quantitative estimate of drug-likeness (QED) is 0.532. The molecule has 0 saturated heterocycles. The van der Waals surface area contributed by atoms with Gasteiger partial charge < -0.3 is 9.47 Å². The summed E-state index contributed by atoms with van der Waals surface area (Å²) in [4.78, 5) is 0. The summed E-state index contributed by atoms with van der Waals surface area (Å²) in [6.45, 7) is 6.10. The predicted molar refractivity (Wildman–Crippen MR) is 93.3 cm³/mol. The standard InChI is InChI=1S/C16H24ClNO3S/c1-16(2,3)22(19)18-11-15(9-10-17)21-12-13-5-7-14(20-4)8-6-13/h5-8,11,15H,9-10,12H2,1-4H3/b18-11+/t15-,22?/m0/s1.